The van der Waals surface area contributed by atoms with Crippen molar-refractivity contribution in [3.8, 4) is 0 Å². The Hall–Kier alpha value is -2.48. The molecule has 0 saturated carbocycles. The molecule has 168 valence electrons. The van der Waals surface area contributed by atoms with Gasteiger partial charge < -0.3 is 15.4 Å². The summed E-state index contributed by atoms with van der Waals surface area (Å²) in [6.07, 6.45) is 1.79. The summed E-state index contributed by atoms with van der Waals surface area (Å²) in [6.45, 7) is 6.73. The summed E-state index contributed by atoms with van der Waals surface area (Å²) < 4.78 is 19.7. The van der Waals surface area contributed by atoms with Gasteiger partial charge in [-0.3, -0.25) is 9.69 Å². The van der Waals surface area contributed by atoms with Gasteiger partial charge in [-0.1, -0.05) is 12.1 Å². The number of nitrogens with zero attached hydrogens (tertiary/aromatic N) is 2. The SMILES string of the molecule is C[C@@H]1CN(c2cccc3cc(F)ccc23)CCN1CCC1OCCc2sc(C(N)=O)cc21. The number of anilines is 1. The lowest BCUT2D eigenvalue weighted by molar-refractivity contribution is 0.0266. The number of carbonyl (C=O) groups excluding carboxylic acids is 1. The highest BCUT2D eigenvalue weighted by Crippen LogP contribution is 2.36. The molecule has 2 aromatic carbocycles. The van der Waals surface area contributed by atoms with Crippen molar-refractivity contribution in [2.45, 2.75) is 31.9 Å². The van der Waals surface area contributed by atoms with E-state index in [9.17, 15) is 9.18 Å². The fourth-order valence-corrected chi connectivity index (χ4v) is 6.04. The van der Waals surface area contributed by atoms with Crippen LogP contribution in [-0.2, 0) is 11.2 Å². The molecule has 1 unspecified atom stereocenters. The first kappa shape index (κ1) is 21.4. The van der Waals surface area contributed by atoms with Crippen LogP contribution in [0.5, 0.6) is 0 Å². The molecule has 0 radical (unpaired) electrons. The minimum absolute atomic E-state index is 0.0290. The Balaban J connectivity index is 1.24. The first-order valence-electron chi connectivity index (χ1n) is 11.2. The molecule has 5 rings (SSSR count). The Labute approximate surface area is 191 Å². The molecular weight excluding hydrogens is 425 g/mol. The number of piperazine rings is 1. The zero-order valence-corrected chi connectivity index (χ0v) is 19.0. The highest BCUT2D eigenvalue weighted by Gasteiger charge is 2.28. The molecule has 1 fully saturated rings. The predicted octanol–water partition coefficient (Wildman–Crippen LogP) is 4.35. The molecule has 3 aromatic rings. The molecule has 0 spiro atoms. The second-order valence-corrected chi connectivity index (χ2v) is 9.86. The molecule has 0 aliphatic carbocycles. The van der Waals surface area contributed by atoms with Crippen molar-refractivity contribution in [2.75, 3.05) is 37.7 Å². The standard InChI is InChI=1S/C25H28FN3O2S/c1-16-15-29(21-4-2-3-17-13-18(26)5-6-19(17)21)11-10-28(16)9-7-22-20-14-24(25(27)30)32-23(20)8-12-31-22/h2-6,13-14,16,22H,7-12,15H2,1H3,(H2,27,30)/t16-,22?/m1/s1. The highest BCUT2D eigenvalue weighted by atomic mass is 32.1. The number of ether oxygens (including phenoxy) is 1. The summed E-state index contributed by atoms with van der Waals surface area (Å²) in [5.41, 5.74) is 7.80. The summed E-state index contributed by atoms with van der Waals surface area (Å²) in [5, 5.41) is 2.04. The Kier molecular flexibility index (Phi) is 5.88. The van der Waals surface area contributed by atoms with Crippen LogP contribution in [-0.4, -0.2) is 49.6 Å². The Morgan fingerprint density at radius 3 is 2.94 bits per heavy atom. The second-order valence-electron chi connectivity index (χ2n) is 8.73. The minimum Gasteiger partial charge on any atom is -0.373 e. The predicted molar refractivity (Wildman–Crippen MR) is 127 cm³/mol. The number of halogens is 1. The van der Waals surface area contributed by atoms with Crippen molar-refractivity contribution in [2.24, 2.45) is 5.73 Å². The zero-order valence-electron chi connectivity index (χ0n) is 18.2. The zero-order chi connectivity index (χ0) is 22.2. The third kappa shape index (κ3) is 4.12. The maximum atomic E-state index is 13.6. The summed E-state index contributed by atoms with van der Waals surface area (Å²) in [5.74, 6) is -0.557. The van der Waals surface area contributed by atoms with E-state index in [0.717, 1.165) is 55.4 Å². The van der Waals surface area contributed by atoms with E-state index in [1.807, 2.05) is 24.3 Å². The molecule has 2 aliphatic heterocycles. The molecule has 5 nitrogen and oxygen atoms in total. The Bertz CT molecular complexity index is 1150. The molecular formula is C25H28FN3O2S. The number of amides is 1. The Morgan fingerprint density at radius 2 is 2.12 bits per heavy atom. The van der Waals surface area contributed by atoms with Crippen molar-refractivity contribution in [1.29, 1.82) is 0 Å². The number of rotatable bonds is 5. The van der Waals surface area contributed by atoms with Gasteiger partial charge in [-0.2, -0.15) is 0 Å². The molecule has 2 atom stereocenters. The van der Waals surface area contributed by atoms with Crippen LogP contribution in [0.3, 0.4) is 0 Å². The van der Waals surface area contributed by atoms with Gasteiger partial charge in [0.2, 0.25) is 0 Å². The van der Waals surface area contributed by atoms with Crippen LogP contribution in [0.4, 0.5) is 10.1 Å². The fraction of sp³-hybridized carbons (Fsp3) is 0.400. The lowest BCUT2D eigenvalue weighted by atomic mass is 10.0. The Morgan fingerprint density at radius 1 is 1.25 bits per heavy atom. The van der Waals surface area contributed by atoms with Gasteiger partial charge in [0.15, 0.2) is 0 Å². The summed E-state index contributed by atoms with van der Waals surface area (Å²) in [6, 6.07) is 13.5. The number of primary amides is 1. The topological polar surface area (TPSA) is 58.8 Å². The minimum atomic E-state index is -0.357. The van der Waals surface area contributed by atoms with Crippen molar-refractivity contribution in [3.05, 3.63) is 63.6 Å². The third-order valence-electron chi connectivity index (χ3n) is 6.68. The van der Waals surface area contributed by atoms with Crippen LogP contribution in [0, 0.1) is 5.82 Å². The molecule has 2 N–H and O–H groups in total. The van der Waals surface area contributed by atoms with Crippen LogP contribution >= 0.6 is 11.3 Å². The van der Waals surface area contributed by atoms with Gasteiger partial charge >= 0.3 is 0 Å². The largest absolute Gasteiger partial charge is 0.373 e. The summed E-state index contributed by atoms with van der Waals surface area (Å²) in [4.78, 5) is 18.4. The monoisotopic (exact) mass is 453 g/mol. The maximum Gasteiger partial charge on any atom is 0.258 e. The first-order valence-corrected chi connectivity index (χ1v) is 12.0. The smallest absolute Gasteiger partial charge is 0.258 e. The molecule has 1 amide bonds. The van der Waals surface area contributed by atoms with E-state index in [4.69, 9.17) is 10.5 Å². The normalized spacial score (nSPS) is 21.6. The number of hydrogen-bond donors (Lipinski definition) is 1. The van der Waals surface area contributed by atoms with Gasteiger partial charge in [-0.25, -0.2) is 4.39 Å². The first-order chi connectivity index (χ1) is 15.5. The van der Waals surface area contributed by atoms with E-state index in [2.05, 4.69) is 22.8 Å². The molecule has 32 heavy (non-hydrogen) atoms. The lowest BCUT2D eigenvalue weighted by Crippen LogP contribution is -2.52. The van der Waals surface area contributed by atoms with E-state index in [1.165, 1.54) is 28.0 Å². The van der Waals surface area contributed by atoms with Crippen LogP contribution < -0.4 is 10.6 Å². The molecule has 2 aliphatic rings. The molecule has 0 bridgehead atoms. The van der Waals surface area contributed by atoms with E-state index in [1.54, 1.807) is 6.07 Å². The van der Waals surface area contributed by atoms with Crippen molar-refractivity contribution >= 4 is 33.7 Å². The molecule has 1 aromatic heterocycles. The summed E-state index contributed by atoms with van der Waals surface area (Å²) >= 11 is 1.51. The average Bonchev–Trinajstić information content (AvgIpc) is 3.23. The molecule has 7 heteroatoms. The van der Waals surface area contributed by atoms with Gasteiger partial charge in [0.25, 0.3) is 5.91 Å². The van der Waals surface area contributed by atoms with Crippen LogP contribution in [0.25, 0.3) is 10.8 Å². The number of benzene rings is 2. The lowest BCUT2D eigenvalue weighted by Gasteiger charge is -2.42. The number of carbonyl (C=O) groups is 1. The number of nitrogens with two attached hydrogens (primary N) is 1. The quantitative estimate of drug-likeness (QED) is 0.624. The molecule has 1 saturated heterocycles. The van der Waals surface area contributed by atoms with Crippen LogP contribution in [0.2, 0.25) is 0 Å². The van der Waals surface area contributed by atoms with Gasteiger partial charge in [-0.15, -0.1) is 11.3 Å². The van der Waals surface area contributed by atoms with Crippen LogP contribution in [0.15, 0.2) is 42.5 Å². The van der Waals surface area contributed by atoms with Gasteiger partial charge in [-0.05, 0) is 54.6 Å². The van der Waals surface area contributed by atoms with E-state index < -0.39 is 0 Å². The van der Waals surface area contributed by atoms with Crippen molar-refractivity contribution < 1.29 is 13.9 Å². The van der Waals surface area contributed by atoms with E-state index in [-0.39, 0.29) is 17.8 Å². The van der Waals surface area contributed by atoms with Crippen molar-refractivity contribution in [1.82, 2.24) is 4.90 Å². The van der Waals surface area contributed by atoms with Gasteiger partial charge in [0.05, 0.1) is 17.6 Å². The van der Waals surface area contributed by atoms with E-state index in [0.29, 0.717) is 17.5 Å². The number of hydrogen-bond acceptors (Lipinski definition) is 5. The number of fused-ring (bicyclic) bond motifs is 2. The maximum absolute atomic E-state index is 13.6. The van der Waals surface area contributed by atoms with Gasteiger partial charge in [0, 0.05) is 54.6 Å². The van der Waals surface area contributed by atoms with E-state index >= 15 is 0 Å². The third-order valence-corrected chi connectivity index (χ3v) is 7.91. The summed E-state index contributed by atoms with van der Waals surface area (Å²) in [7, 11) is 0. The highest BCUT2D eigenvalue weighted by molar-refractivity contribution is 7.14. The number of thiophene rings is 1. The van der Waals surface area contributed by atoms with Crippen LogP contribution in [0.1, 0.15) is 39.6 Å². The molecule has 3 heterocycles. The average molecular weight is 454 g/mol. The van der Waals surface area contributed by atoms with Crippen molar-refractivity contribution in [3.63, 3.8) is 0 Å². The van der Waals surface area contributed by atoms with Gasteiger partial charge in [0.1, 0.15) is 5.82 Å². The second kappa shape index (κ2) is 8.81. The fourth-order valence-electron chi connectivity index (χ4n) is 5.00.